The molecule has 1 aromatic rings. The van der Waals surface area contributed by atoms with E-state index in [-0.39, 0.29) is 43.1 Å². The molecule has 1 rings (SSSR count). The number of nitrogens with one attached hydrogen (secondary N) is 3. The summed E-state index contributed by atoms with van der Waals surface area (Å²) in [4.78, 5) is 60.5. The van der Waals surface area contributed by atoms with Gasteiger partial charge in [-0.2, -0.15) is 0 Å². The second kappa shape index (κ2) is 13.8. The van der Waals surface area contributed by atoms with Gasteiger partial charge in [0, 0.05) is 18.4 Å². The van der Waals surface area contributed by atoms with Crippen LogP contribution in [0.1, 0.15) is 45.6 Å². The van der Waals surface area contributed by atoms with Gasteiger partial charge in [-0.3, -0.25) is 24.0 Å². The quantitative estimate of drug-likeness (QED) is 0.310. The molecule has 3 amide bonds. The van der Waals surface area contributed by atoms with Crippen molar-refractivity contribution in [2.24, 2.45) is 5.92 Å². The molecule has 0 bridgehead atoms. The van der Waals surface area contributed by atoms with E-state index in [0.717, 1.165) is 5.56 Å². The van der Waals surface area contributed by atoms with Crippen molar-refractivity contribution in [3.8, 4) is 0 Å². The van der Waals surface area contributed by atoms with Gasteiger partial charge in [-0.15, -0.1) is 0 Å². The first-order valence-corrected chi connectivity index (χ1v) is 10.8. The van der Waals surface area contributed by atoms with Crippen LogP contribution in [0.2, 0.25) is 0 Å². The Hall–Kier alpha value is -3.49. The zero-order chi connectivity index (χ0) is 25.0. The summed E-state index contributed by atoms with van der Waals surface area (Å²) >= 11 is 0. The Balaban J connectivity index is 2.96. The lowest BCUT2D eigenvalue weighted by Crippen LogP contribution is -2.54. The molecule has 33 heavy (non-hydrogen) atoms. The Morgan fingerprint density at radius 1 is 0.970 bits per heavy atom. The van der Waals surface area contributed by atoms with Crippen molar-refractivity contribution in [2.75, 3.05) is 6.54 Å². The van der Waals surface area contributed by atoms with Gasteiger partial charge in [0.1, 0.15) is 6.04 Å². The second-order valence-electron chi connectivity index (χ2n) is 8.32. The average Bonchev–Trinajstić information content (AvgIpc) is 2.75. The first-order chi connectivity index (χ1) is 15.5. The molecule has 0 saturated heterocycles. The van der Waals surface area contributed by atoms with Gasteiger partial charge >= 0.3 is 5.97 Å². The molecule has 0 spiro atoms. The lowest BCUT2D eigenvalue weighted by atomic mass is 9.96. The van der Waals surface area contributed by atoms with Gasteiger partial charge < -0.3 is 21.1 Å². The monoisotopic (exact) mass is 459 g/mol. The highest BCUT2D eigenvalue weighted by atomic mass is 16.4. The largest absolute Gasteiger partial charge is 0.481 e. The molecule has 1 aromatic carbocycles. The van der Waals surface area contributed by atoms with E-state index in [1.54, 1.807) is 24.3 Å². The van der Waals surface area contributed by atoms with Crippen LogP contribution in [0.15, 0.2) is 42.5 Å². The number of carboxylic acids is 1. The molecule has 2 atom stereocenters. The van der Waals surface area contributed by atoms with Crippen molar-refractivity contribution in [2.45, 2.75) is 58.5 Å². The number of carboxylic acid groups (broad SMARTS) is 1. The SMILES string of the molecule is C=C(C)C(=O)NCC(=O)NC(Cc1ccccc1)C(=O)NC(CC(C)C)C(=O)CCC(=O)O. The fourth-order valence-corrected chi connectivity index (χ4v) is 3.03. The van der Waals surface area contributed by atoms with Crippen LogP contribution in [0.3, 0.4) is 0 Å². The van der Waals surface area contributed by atoms with E-state index in [2.05, 4.69) is 22.5 Å². The summed E-state index contributed by atoms with van der Waals surface area (Å²) in [5, 5.41) is 16.6. The van der Waals surface area contributed by atoms with Crippen LogP contribution in [0, 0.1) is 5.92 Å². The molecule has 2 unspecified atom stereocenters. The maximum Gasteiger partial charge on any atom is 0.303 e. The van der Waals surface area contributed by atoms with Crippen LogP contribution in [0.4, 0.5) is 0 Å². The third-order valence-corrected chi connectivity index (χ3v) is 4.73. The predicted octanol–water partition coefficient (Wildman–Crippen LogP) is 1.37. The summed E-state index contributed by atoms with van der Waals surface area (Å²) in [5.74, 6) is -3.01. The van der Waals surface area contributed by atoms with Crippen molar-refractivity contribution < 1.29 is 29.1 Å². The average molecular weight is 460 g/mol. The third kappa shape index (κ3) is 11.1. The number of carbonyl (C=O) groups is 5. The second-order valence-corrected chi connectivity index (χ2v) is 8.32. The van der Waals surface area contributed by atoms with Crippen molar-refractivity contribution in [3.63, 3.8) is 0 Å². The fraction of sp³-hybridized carbons (Fsp3) is 0.458. The number of aliphatic carboxylic acids is 1. The van der Waals surface area contributed by atoms with E-state index >= 15 is 0 Å². The maximum atomic E-state index is 13.1. The highest BCUT2D eigenvalue weighted by Gasteiger charge is 2.27. The van der Waals surface area contributed by atoms with Crippen molar-refractivity contribution >= 4 is 29.5 Å². The van der Waals surface area contributed by atoms with Crippen LogP contribution in [-0.2, 0) is 30.4 Å². The standard InChI is InChI=1S/C24H33N3O6/c1-15(2)12-18(20(28)10-11-22(30)31)27-24(33)19(13-17-8-6-5-7-9-17)26-21(29)14-25-23(32)16(3)4/h5-9,15,18-19H,3,10-14H2,1-2,4H3,(H,25,32)(H,26,29)(H,27,33)(H,30,31). The Kier molecular flexibility index (Phi) is 11.5. The molecule has 0 aliphatic carbocycles. The first-order valence-electron chi connectivity index (χ1n) is 10.8. The van der Waals surface area contributed by atoms with E-state index in [4.69, 9.17) is 5.11 Å². The first kappa shape index (κ1) is 27.5. The van der Waals surface area contributed by atoms with Gasteiger partial charge in [0.25, 0.3) is 0 Å². The molecule has 0 fully saturated rings. The zero-order valence-corrected chi connectivity index (χ0v) is 19.3. The number of amides is 3. The number of hydrogen-bond donors (Lipinski definition) is 4. The Labute approximate surface area is 194 Å². The minimum atomic E-state index is -1.09. The Bertz CT molecular complexity index is 866. The third-order valence-electron chi connectivity index (χ3n) is 4.73. The van der Waals surface area contributed by atoms with Gasteiger partial charge in [-0.1, -0.05) is 50.8 Å². The lowest BCUT2D eigenvalue weighted by Gasteiger charge is -2.24. The van der Waals surface area contributed by atoms with E-state index in [1.165, 1.54) is 6.92 Å². The van der Waals surface area contributed by atoms with Crippen LogP contribution in [-0.4, -0.2) is 53.2 Å². The van der Waals surface area contributed by atoms with Gasteiger partial charge in [0.15, 0.2) is 5.78 Å². The van der Waals surface area contributed by atoms with Gasteiger partial charge in [0.05, 0.1) is 19.0 Å². The van der Waals surface area contributed by atoms with Crippen molar-refractivity contribution in [3.05, 3.63) is 48.0 Å². The minimum Gasteiger partial charge on any atom is -0.481 e. The molecule has 0 heterocycles. The van der Waals surface area contributed by atoms with Crippen LogP contribution in [0.5, 0.6) is 0 Å². The fourth-order valence-electron chi connectivity index (χ4n) is 3.03. The lowest BCUT2D eigenvalue weighted by molar-refractivity contribution is -0.139. The van der Waals surface area contributed by atoms with Gasteiger partial charge in [-0.25, -0.2) is 0 Å². The molecule has 9 nitrogen and oxygen atoms in total. The van der Waals surface area contributed by atoms with E-state index < -0.39 is 35.8 Å². The summed E-state index contributed by atoms with van der Waals surface area (Å²) in [6.07, 6.45) is -0.0129. The maximum absolute atomic E-state index is 13.1. The summed E-state index contributed by atoms with van der Waals surface area (Å²) in [6, 6.07) is 7.17. The van der Waals surface area contributed by atoms with Gasteiger partial charge in [0.2, 0.25) is 17.7 Å². The van der Waals surface area contributed by atoms with Crippen LogP contribution < -0.4 is 16.0 Å². The Morgan fingerprint density at radius 2 is 1.61 bits per heavy atom. The molecule has 180 valence electrons. The Morgan fingerprint density at radius 3 is 2.15 bits per heavy atom. The normalized spacial score (nSPS) is 12.4. The number of benzene rings is 1. The summed E-state index contributed by atoms with van der Waals surface area (Å²) in [6.45, 7) is 8.45. The topological polar surface area (TPSA) is 142 Å². The summed E-state index contributed by atoms with van der Waals surface area (Å²) in [7, 11) is 0. The number of carbonyl (C=O) groups excluding carboxylic acids is 4. The molecule has 4 N–H and O–H groups in total. The molecular formula is C24H33N3O6. The van der Waals surface area contributed by atoms with Crippen LogP contribution in [0.25, 0.3) is 0 Å². The number of rotatable bonds is 14. The van der Waals surface area contributed by atoms with Crippen LogP contribution >= 0.6 is 0 Å². The van der Waals surface area contributed by atoms with Crippen molar-refractivity contribution in [1.82, 2.24) is 16.0 Å². The summed E-state index contributed by atoms with van der Waals surface area (Å²) in [5.41, 5.74) is 1.04. The van der Waals surface area contributed by atoms with E-state index in [9.17, 15) is 24.0 Å². The molecular weight excluding hydrogens is 426 g/mol. The molecule has 0 aliphatic heterocycles. The molecule has 9 heteroatoms. The smallest absolute Gasteiger partial charge is 0.303 e. The predicted molar refractivity (Wildman–Crippen MR) is 123 cm³/mol. The zero-order valence-electron chi connectivity index (χ0n) is 19.3. The number of hydrogen-bond acceptors (Lipinski definition) is 5. The van der Waals surface area contributed by atoms with Crippen molar-refractivity contribution in [1.29, 1.82) is 0 Å². The molecule has 0 radical (unpaired) electrons. The highest BCUT2D eigenvalue weighted by molar-refractivity contribution is 5.96. The minimum absolute atomic E-state index is 0.0728. The molecule has 0 aliphatic rings. The number of Topliss-reactive ketones (excluding diaryl/α,β-unsaturated/α-hetero) is 1. The number of ketones is 1. The highest BCUT2D eigenvalue weighted by Crippen LogP contribution is 2.10. The molecule has 0 saturated carbocycles. The molecule has 0 aromatic heterocycles. The van der Waals surface area contributed by atoms with Gasteiger partial charge in [-0.05, 0) is 24.8 Å². The van der Waals surface area contributed by atoms with E-state index in [0.29, 0.717) is 6.42 Å². The van der Waals surface area contributed by atoms with E-state index in [1.807, 2.05) is 19.9 Å². The summed E-state index contributed by atoms with van der Waals surface area (Å²) < 4.78 is 0.